The lowest BCUT2D eigenvalue weighted by atomic mass is 10.2. The Morgan fingerprint density at radius 1 is 1.31 bits per heavy atom. The first-order valence-corrected chi connectivity index (χ1v) is 4.18. The fourth-order valence-electron chi connectivity index (χ4n) is 1.28. The molecule has 0 aliphatic carbocycles. The third kappa shape index (κ3) is 1.33. The summed E-state index contributed by atoms with van der Waals surface area (Å²) < 4.78 is 2.05. The molecular formula is C10H11N3. The lowest BCUT2D eigenvalue weighted by Gasteiger charge is -2.01. The molecule has 0 fully saturated rings. The van der Waals surface area contributed by atoms with Crippen molar-refractivity contribution in [3.05, 3.63) is 36.5 Å². The summed E-state index contributed by atoms with van der Waals surface area (Å²) in [6.07, 6.45) is 5.48. The Bertz CT molecular complexity index is 403. The largest absolute Gasteiger partial charge is 0.331 e. The molecule has 0 aromatic carbocycles. The van der Waals surface area contributed by atoms with Crippen LogP contribution in [-0.4, -0.2) is 14.5 Å². The van der Waals surface area contributed by atoms with Crippen LogP contribution in [0.4, 0.5) is 0 Å². The van der Waals surface area contributed by atoms with E-state index in [0.717, 1.165) is 17.1 Å². The van der Waals surface area contributed by atoms with Crippen LogP contribution in [0.3, 0.4) is 0 Å². The van der Waals surface area contributed by atoms with Gasteiger partial charge < -0.3 is 4.57 Å². The molecule has 2 heterocycles. The van der Waals surface area contributed by atoms with E-state index in [-0.39, 0.29) is 0 Å². The van der Waals surface area contributed by atoms with E-state index in [9.17, 15) is 0 Å². The summed E-state index contributed by atoms with van der Waals surface area (Å²) in [7, 11) is 2.00. The van der Waals surface area contributed by atoms with Gasteiger partial charge >= 0.3 is 0 Å². The van der Waals surface area contributed by atoms with Gasteiger partial charge in [-0.3, -0.25) is 4.98 Å². The zero-order valence-electron chi connectivity index (χ0n) is 7.73. The minimum atomic E-state index is 1.01. The molecule has 0 amide bonds. The number of aryl methyl sites for hydroxylation is 1. The van der Waals surface area contributed by atoms with Crippen molar-refractivity contribution in [3.8, 4) is 11.3 Å². The Hall–Kier alpha value is -1.64. The lowest BCUT2D eigenvalue weighted by Crippen LogP contribution is -1.94. The van der Waals surface area contributed by atoms with Gasteiger partial charge in [0.25, 0.3) is 0 Å². The van der Waals surface area contributed by atoms with E-state index >= 15 is 0 Å². The third-order valence-corrected chi connectivity index (χ3v) is 2.18. The van der Waals surface area contributed by atoms with E-state index in [1.54, 1.807) is 6.20 Å². The molecule has 2 rings (SSSR count). The summed E-state index contributed by atoms with van der Waals surface area (Å²) in [6, 6.07) is 3.96. The molecule has 2 aromatic rings. The van der Waals surface area contributed by atoms with Gasteiger partial charge in [-0.1, -0.05) is 0 Å². The molecule has 3 nitrogen and oxygen atoms in total. The molecule has 0 bridgehead atoms. The second-order valence-corrected chi connectivity index (χ2v) is 2.99. The molecule has 0 atom stereocenters. The summed E-state index contributed by atoms with van der Waals surface area (Å²) in [6.45, 7) is 1.99. The van der Waals surface area contributed by atoms with Crippen LogP contribution in [0.1, 0.15) is 5.82 Å². The van der Waals surface area contributed by atoms with Crippen LogP contribution in [0.15, 0.2) is 30.7 Å². The van der Waals surface area contributed by atoms with Crippen molar-refractivity contribution in [2.24, 2.45) is 7.05 Å². The van der Waals surface area contributed by atoms with Crippen LogP contribution in [-0.2, 0) is 7.05 Å². The highest BCUT2D eigenvalue weighted by Gasteiger charge is 2.03. The lowest BCUT2D eigenvalue weighted by molar-refractivity contribution is 0.864. The topological polar surface area (TPSA) is 30.7 Å². The monoisotopic (exact) mass is 173 g/mol. The molecule has 3 heteroatoms. The van der Waals surface area contributed by atoms with Gasteiger partial charge in [0.15, 0.2) is 0 Å². The molecule has 2 aromatic heterocycles. The normalized spacial score (nSPS) is 10.3. The Labute approximate surface area is 77.1 Å². The Balaban J connectivity index is 2.53. The summed E-state index contributed by atoms with van der Waals surface area (Å²) in [5, 5.41) is 0. The molecule has 13 heavy (non-hydrogen) atoms. The molecule has 0 N–H and O–H groups in total. The number of aromatic nitrogens is 3. The van der Waals surface area contributed by atoms with E-state index in [1.165, 1.54) is 0 Å². The average molecular weight is 173 g/mol. The van der Waals surface area contributed by atoms with Crippen LogP contribution >= 0.6 is 0 Å². The van der Waals surface area contributed by atoms with Crippen molar-refractivity contribution in [1.82, 2.24) is 14.5 Å². The number of imidazole rings is 1. The third-order valence-electron chi connectivity index (χ3n) is 2.18. The van der Waals surface area contributed by atoms with Gasteiger partial charge in [0.2, 0.25) is 0 Å². The SMILES string of the molecule is Cc1ncc(-c2cccnc2)n1C. The molecule has 66 valence electrons. The first kappa shape index (κ1) is 7.98. The highest BCUT2D eigenvalue weighted by Crippen LogP contribution is 2.17. The smallest absolute Gasteiger partial charge is 0.105 e. The van der Waals surface area contributed by atoms with Crippen LogP contribution < -0.4 is 0 Å². The number of nitrogens with zero attached hydrogens (tertiary/aromatic N) is 3. The van der Waals surface area contributed by atoms with Gasteiger partial charge in [-0.2, -0.15) is 0 Å². The van der Waals surface area contributed by atoms with Crippen molar-refractivity contribution in [1.29, 1.82) is 0 Å². The predicted octanol–water partition coefficient (Wildman–Crippen LogP) is 1.79. The van der Waals surface area contributed by atoms with Gasteiger partial charge in [-0.25, -0.2) is 4.98 Å². The summed E-state index contributed by atoms with van der Waals surface area (Å²) in [5.74, 6) is 1.01. The van der Waals surface area contributed by atoms with Gasteiger partial charge in [0.05, 0.1) is 11.9 Å². The highest BCUT2D eigenvalue weighted by atomic mass is 15.0. The van der Waals surface area contributed by atoms with E-state index in [4.69, 9.17) is 0 Å². The maximum Gasteiger partial charge on any atom is 0.105 e. The van der Waals surface area contributed by atoms with Crippen molar-refractivity contribution >= 4 is 0 Å². The van der Waals surface area contributed by atoms with E-state index in [0.29, 0.717) is 0 Å². The summed E-state index contributed by atoms with van der Waals surface area (Å²) in [4.78, 5) is 8.30. The zero-order valence-corrected chi connectivity index (χ0v) is 7.73. The second kappa shape index (κ2) is 3.01. The maximum atomic E-state index is 4.23. The van der Waals surface area contributed by atoms with Crippen LogP contribution in [0.5, 0.6) is 0 Å². The molecule has 0 spiro atoms. The minimum Gasteiger partial charge on any atom is -0.331 e. The average Bonchev–Trinajstić information content (AvgIpc) is 2.49. The zero-order chi connectivity index (χ0) is 9.26. The number of hydrogen-bond acceptors (Lipinski definition) is 2. The van der Waals surface area contributed by atoms with E-state index in [1.807, 2.05) is 38.5 Å². The highest BCUT2D eigenvalue weighted by molar-refractivity contribution is 5.57. The van der Waals surface area contributed by atoms with Crippen LogP contribution in [0.2, 0.25) is 0 Å². The molecule has 0 saturated heterocycles. The van der Waals surface area contributed by atoms with Gasteiger partial charge in [-0.15, -0.1) is 0 Å². The molecule has 0 aliphatic rings. The van der Waals surface area contributed by atoms with Crippen LogP contribution in [0.25, 0.3) is 11.3 Å². The predicted molar refractivity (Wildman–Crippen MR) is 51.2 cm³/mol. The van der Waals surface area contributed by atoms with Gasteiger partial charge in [0, 0.05) is 25.0 Å². The number of rotatable bonds is 1. The van der Waals surface area contributed by atoms with Gasteiger partial charge in [-0.05, 0) is 19.1 Å². The maximum absolute atomic E-state index is 4.23. The molecule has 0 aliphatic heterocycles. The molecular weight excluding hydrogens is 162 g/mol. The fourth-order valence-corrected chi connectivity index (χ4v) is 1.28. The van der Waals surface area contributed by atoms with Gasteiger partial charge in [0.1, 0.15) is 5.82 Å². The van der Waals surface area contributed by atoms with E-state index < -0.39 is 0 Å². The summed E-state index contributed by atoms with van der Waals surface area (Å²) >= 11 is 0. The number of pyridine rings is 1. The quantitative estimate of drug-likeness (QED) is 0.658. The Morgan fingerprint density at radius 3 is 2.69 bits per heavy atom. The minimum absolute atomic E-state index is 1.01. The molecule has 0 saturated carbocycles. The van der Waals surface area contributed by atoms with Crippen LogP contribution in [0, 0.1) is 6.92 Å². The second-order valence-electron chi connectivity index (χ2n) is 2.99. The standard InChI is InChI=1S/C10H11N3/c1-8-12-7-10(13(8)2)9-4-3-5-11-6-9/h3-7H,1-2H3. The fraction of sp³-hybridized carbons (Fsp3) is 0.200. The van der Waals surface area contributed by atoms with E-state index in [2.05, 4.69) is 14.5 Å². The molecule has 0 unspecified atom stereocenters. The Kier molecular flexibility index (Phi) is 1.85. The molecule has 0 radical (unpaired) electrons. The van der Waals surface area contributed by atoms with Crippen molar-refractivity contribution in [3.63, 3.8) is 0 Å². The first-order valence-electron chi connectivity index (χ1n) is 4.18. The van der Waals surface area contributed by atoms with Crippen molar-refractivity contribution in [2.45, 2.75) is 6.92 Å². The first-order chi connectivity index (χ1) is 6.29. The summed E-state index contributed by atoms with van der Waals surface area (Å²) in [5.41, 5.74) is 2.20. The number of hydrogen-bond donors (Lipinski definition) is 0. The van der Waals surface area contributed by atoms with Crippen molar-refractivity contribution < 1.29 is 0 Å². The van der Waals surface area contributed by atoms with Crippen molar-refractivity contribution in [2.75, 3.05) is 0 Å². The Morgan fingerprint density at radius 2 is 2.15 bits per heavy atom.